The Morgan fingerprint density at radius 2 is 2.42 bits per heavy atom. The molecule has 4 nitrogen and oxygen atoms in total. The summed E-state index contributed by atoms with van der Waals surface area (Å²) >= 11 is 0. The van der Waals surface area contributed by atoms with Crippen molar-refractivity contribution < 1.29 is 14.3 Å². The highest BCUT2D eigenvalue weighted by atomic mass is 16.4. The van der Waals surface area contributed by atoms with Crippen molar-refractivity contribution in [2.45, 2.75) is 19.1 Å². The maximum atomic E-state index is 10.8. The minimum absolute atomic E-state index is 0.265. The molecule has 0 aliphatic rings. The van der Waals surface area contributed by atoms with Crippen molar-refractivity contribution >= 4 is 5.78 Å². The van der Waals surface area contributed by atoms with Crippen molar-refractivity contribution in [1.29, 1.82) is 0 Å². The molecular weight excluding hydrogens is 158 g/mol. The highest BCUT2D eigenvalue weighted by molar-refractivity contribution is 5.81. The van der Waals surface area contributed by atoms with Gasteiger partial charge >= 0.3 is 0 Å². The summed E-state index contributed by atoms with van der Waals surface area (Å²) in [4.78, 5) is 10.8. The van der Waals surface area contributed by atoms with Crippen molar-refractivity contribution in [3.8, 4) is 0 Å². The molecule has 0 saturated carbocycles. The van der Waals surface area contributed by atoms with Crippen LogP contribution in [0.25, 0.3) is 0 Å². The summed E-state index contributed by atoms with van der Waals surface area (Å²) in [5, 5.41) is 9.41. The fraction of sp³-hybridized carbons (Fsp3) is 0.375. The van der Waals surface area contributed by atoms with Crippen molar-refractivity contribution in [2.75, 3.05) is 0 Å². The van der Waals surface area contributed by atoms with Gasteiger partial charge in [0.05, 0.1) is 12.3 Å². The van der Waals surface area contributed by atoms with Crippen LogP contribution in [-0.2, 0) is 4.79 Å². The molecule has 0 unspecified atom stereocenters. The number of hydrogen-bond donors (Lipinski definition) is 2. The number of hydrogen-bond acceptors (Lipinski definition) is 4. The van der Waals surface area contributed by atoms with Gasteiger partial charge in [-0.05, 0) is 19.1 Å². The van der Waals surface area contributed by atoms with Gasteiger partial charge < -0.3 is 15.3 Å². The van der Waals surface area contributed by atoms with E-state index in [1.807, 2.05) is 0 Å². The quantitative estimate of drug-likeness (QED) is 0.679. The molecule has 1 aromatic rings. The van der Waals surface area contributed by atoms with Crippen LogP contribution in [0, 0.1) is 0 Å². The van der Waals surface area contributed by atoms with Gasteiger partial charge in [-0.25, -0.2) is 0 Å². The van der Waals surface area contributed by atoms with E-state index in [2.05, 4.69) is 0 Å². The Bertz CT molecular complexity index is 255. The van der Waals surface area contributed by atoms with Gasteiger partial charge in [0.2, 0.25) is 0 Å². The molecule has 0 aliphatic carbocycles. The van der Waals surface area contributed by atoms with E-state index in [0.29, 0.717) is 5.76 Å². The minimum atomic E-state index is -1.04. The van der Waals surface area contributed by atoms with Gasteiger partial charge in [-0.3, -0.25) is 4.79 Å². The molecule has 2 atom stereocenters. The van der Waals surface area contributed by atoms with E-state index >= 15 is 0 Å². The Hall–Kier alpha value is -1.13. The molecule has 0 amide bonds. The summed E-state index contributed by atoms with van der Waals surface area (Å²) in [5.74, 6) is 0.0524. The molecule has 0 bridgehead atoms. The van der Waals surface area contributed by atoms with Crippen molar-refractivity contribution in [2.24, 2.45) is 5.73 Å². The van der Waals surface area contributed by atoms with Gasteiger partial charge in [-0.2, -0.15) is 0 Å². The molecule has 1 aromatic heterocycles. The first-order valence-electron chi connectivity index (χ1n) is 3.60. The van der Waals surface area contributed by atoms with E-state index in [9.17, 15) is 9.90 Å². The lowest BCUT2D eigenvalue weighted by Gasteiger charge is -2.12. The summed E-state index contributed by atoms with van der Waals surface area (Å²) in [5.41, 5.74) is 5.39. The van der Waals surface area contributed by atoms with Crippen LogP contribution in [0.4, 0.5) is 0 Å². The zero-order valence-electron chi connectivity index (χ0n) is 6.73. The predicted octanol–water partition coefficient (Wildman–Crippen LogP) is 0.229. The second kappa shape index (κ2) is 3.51. The number of ketones is 1. The Labute approximate surface area is 70.0 Å². The summed E-state index contributed by atoms with van der Waals surface area (Å²) in [6.07, 6.45) is 0.378. The van der Waals surface area contributed by atoms with Crippen LogP contribution in [0.2, 0.25) is 0 Å². The lowest BCUT2D eigenvalue weighted by atomic mass is 10.1. The van der Waals surface area contributed by atoms with Crippen molar-refractivity contribution in [3.05, 3.63) is 24.2 Å². The normalized spacial score (nSPS) is 15.6. The largest absolute Gasteiger partial charge is 0.467 e. The number of aliphatic hydroxyl groups excluding tert-OH is 1. The number of Topliss-reactive ketones (excluding diaryl/α,β-unsaturated/α-hetero) is 1. The molecule has 0 fully saturated rings. The van der Waals surface area contributed by atoms with Gasteiger partial charge in [0.25, 0.3) is 0 Å². The highest BCUT2D eigenvalue weighted by Crippen LogP contribution is 2.15. The molecule has 0 aromatic carbocycles. The second-order valence-electron chi connectivity index (χ2n) is 2.60. The Morgan fingerprint density at radius 3 is 2.83 bits per heavy atom. The van der Waals surface area contributed by atoms with Gasteiger partial charge in [0.1, 0.15) is 17.6 Å². The third-order valence-electron chi connectivity index (χ3n) is 1.64. The van der Waals surface area contributed by atoms with Crippen LogP contribution in [0.5, 0.6) is 0 Å². The number of carbonyl (C=O) groups excluding carboxylic acids is 1. The molecule has 0 saturated heterocycles. The predicted molar refractivity (Wildman–Crippen MR) is 42.3 cm³/mol. The molecule has 3 N–H and O–H groups in total. The third kappa shape index (κ3) is 1.72. The SMILES string of the molecule is CC(=O)[C@@H](N)[C@@H](O)c1ccco1. The first-order valence-corrected chi connectivity index (χ1v) is 3.60. The van der Waals surface area contributed by atoms with E-state index in [0.717, 1.165) is 0 Å². The lowest BCUT2D eigenvalue weighted by Crippen LogP contribution is -2.34. The zero-order chi connectivity index (χ0) is 9.14. The second-order valence-corrected chi connectivity index (χ2v) is 2.60. The monoisotopic (exact) mass is 169 g/mol. The average molecular weight is 169 g/mol. The maximum absolute atomic E-state index is 10.8. The minimum Gasteiger partial charge on any atom is -0.467 e. The molecule has 12 heavy (non-hydrogen) atoms. The standard InChI is InChI=1S/C8H11NO3/c1-5(10)7(9)8(11)6-3-2-4-12-6/h2-4,7-8,11H,9H2,1H3/t7-,8+/m1/s1. The van der Waals surface area contributed by atoms with Crippen LogP contribution < -0.4 is 5.73 Å². The topological polar surface area (TPSA) is 76.5 Å². The Morgan fingerprint density at radius 1 is 1.75 bits per heavy atom. The fourth-order valence-corrected chi connectivity index (χ4v) is 0.859. The molecule has 4 heteroatoms. The smallest absolute Gasteiger partial charge is 0.149 e. The number of rotatable bonds is 3. The zero-order valence-corrected chi connectivity index (χ0v) is 6.73. The van der Waals surface area contributed by atoms with Gasteiger partial charge in [0.15, 0.2) is 0 Å². The maximum Gasteiger partial charge on any atom is 0.149 e. The first-order chi connectivity index (χ1) is 5.63. The third-order valence-corrected chi connectivity index (χ3v) is 1.64. The summed E-state index contributed by atoms with van der Waals surface area (Å²) in [6, 6.07) is 2.30. The molecule has 0 aliphatic heterocycles. The molecule has 0 spiro atoms. The van der Waals surface area contributed by atoms with Gasteiger partial charge in [-0.15, -0.1) is 0 Å². The first kappa shape index (κ1) is 8.96. The Kier molecular flexibility index (Phi) is 2.62. The molecule has 1 heterocycles. The fourth-order valence-electron chi connectivity index (χ4n) is 0.859. The number of nitrogens with two attached hydrogens (primary N) is 1. The summed E-state index contributed by atoms with van der Waals surface area (Å²) < 4.78 is 4.88. The summed E-state index contributed by atoms with van der Waals surface area (Å²) in [7, 11) is 0. The summed E-state index contributed by atoms with van der Waals surface area (Å²) in [6.45, 7) is 1.33. The van der Waals surface area contributed by atoms with Gasteiger partial charge in [0, 0.05) is 0 Å². The number of aliphatic hydroxyl groups is 1. The lowest BCUT2D eigenvalue weighted by molar-refractivity contribution is -0.120. The molecule has 0 radical (unpaired) electrons. The van der Waals surface area contributed by atoms with Crippen LogP contribution in [-0.4, -0.2) is 16.9 Å². The van der Waals surface area contributed by atoms with Gasteiger partial charge in [-0.1, -0.05) is 0 Å². The van der Waals surface area contributed by atoms with E-state index in [-0.39, 0.29) is 5.78 Å². The molecular formula is C8H11NO3. The van der Waals surface area contributed by atoms with Crippen LogP contribution in [0.1, 0.15) is 18.8 Å². The van der Waals surface area contributed by atoms with Crippen LogP contribution in [0.15, 0.2) is 22.8 Å². The average Bonchev–Trinajstić information content (AvgIpc) is 2.53. The highest BCUT2D eigenvalue weighted by Gasteiger charge is 2.22. The van der Waals surface area contributed by atoms with E-state index in [1.54, 1.807) is 12.1 Å². The Balaban J connectivity index is 2.71. The van der Waals surface area contributed by atoms with Crippen LogP contribution >= 0.6 is 0 Å². The van der Waals surface area contributed by atoms with Crippen molar-refractivity contribution in [3.63, 3.8) is 0 Å². The van der Waals surface area contributed by atoms with Crippen molar-refractivity contribution in [1.82, 2.24) is 0 Å². The van der Waals surface area contributed by atoms with Crippen LogP contribution in [0.3, 0.4) is 0 Å². The number of carbonyl (C=O) groups is 1. The van der Waals surface area contributed by atoms with E-state index in [4.69, 9.17) is 10.2 Å². The van der Waals surface area contributed by atoms with E-state index < -0.39 is 12.1 Å². The number of furan rings is 1. The van der Waals surface area contributed by atoms with E-state index in [1.165, 1.54) is 13.2 Å². The molecule has 1 rings (SSSR count). The molecule has 66 valence electrons.